The van der Waals surface area contributed by atoms with Gasteiger partial charge in [0.25, 0.3) is 0 Å². The van der Waals surface area contributed by atoms with Crippen LogP contribution in [0, 0.1) is 5.82 Å². The maximum Gasteiger partial charge on any atom is 0.244 e. The molecule has 2 nitrogen and oxygen atoms in total. The van der Waals surface area contributed by atoms with Gasteiger partial charge >= 0.3 is 0 Å². The number of rotatable bonds is 5. The van der Waals surface area contributed by atoms with Gasteiger partial charge in [0.1, 0.15) is 5.82 Å². The molecule has 0 aromatic heterocycles. The van der Waals surface area contributed by atoms with E-state index in [1.807, 2.05) is 30.5 Å². The number of carbonyl (C=O) groups is 1. The summed E-state index contributed by atoms with van der Waals surface area (Å²) in [6, 6.07) is 14.0. The van der Waals surface area contributed by atoms with Crippen LogP contribution in [-0.4, -0.2) is 12.2 Å². The number of halogens is 1. The van der Waals surface area contributed by atoms with Gasteiger partial charge in [-0.25, -0.2) is 4.39 Å². The summed E-state index contributed by atoms with van der Waals surface area (Å²) in [4.78, 5) is 12.9. The lowest BCUT2D eigenvalue weighted by molar-refractivity contribution is -0.116. The van der Waals surface area contributed by atoms with Gasteiger partial charge in [0.05, 0.1) is 0 Å². The molecule has 2 aromatic carbocycles. The Kier molecular flexibility index (Phi) is 5.58. The minimum atomic E-state index is -0.279. The third-order valence-corrected chi connectivity index (χ3v) is 3.67. The highest BCUT2D eigenvalue weighted by Crippen LogP contribution is 2.15. The molecule has 0 aliphatic heterocycles. The summed E-state index contributed by atoms with van der Waals surface area (Å²) in [5, 5.41) is 2.76. The Labute approximate surface area is 128 Å². The van der Waals surface area contributed by atoms with E-state index in [0.29, 0.717) is 6.54 Å². The van der Waals surface area contributed by atoms with Crippen molar-refractivity contribution in [3.8, 4) is 0 Å². The summed E-state index contributed by atoms with van der Waals surface area (Å²) in [6.45, 7) is 0.384. The average molecular weight is 301 g/mol. The van der Waals surface area contributed by atoms with Crippen molar-refractivity contribution in [1.82, 2.24) is 5.32 Å². The third kappa shape index (κ3) is 5.08. The van der Waals surface area contributed by atoms with Crippen molar-refractivity contribution in [1.29, 1.82) is 0 Å². The number of benzene rings is 2. The number of hydrogen-bond acceptors (Lipinski definition) is 2. The van der Waals surface area contributed by atoms with Crippen molar-refractivity contribution in [2.75, 3.05) is 6.26 Å². The molecule has 0 saturated carbocycles. The molecule has 21 heavy (non-hydrogen) atoms. The van der Waals surface area contributed by atoms with Crippen LogP contribution >= 0.6 is 11.8 Å². The Hall–Kier alpha value is -2.07. The standard InChI is InChI=1S/C17H16FNOS/c1-21-16-9-4-13(5-10-16)6-11-17(20)19-12-14-2-7-15(18)8-3-14/h2-11H,12H2,1H3,(H,19,20)/b11-6+. The van der Waals surface area contributed by atoms with Crippen LogP contribution in [0.15, 0.2) is 59.5 Å². The minimum Gasteiger partial charge on any atom is -0.348 e. The van der Waals surface area contributed by atoms with Crippen LogP contribution in [0.5, 0.6) is 0 Å². The fourth-order valence-corrected chi connectivity index (χ4v) is 2.15. The van der Waals surface area contributed by atoms with Gasteiger partial charge in [-0.3, -0.25) is 4.79 Å². The van der Waals surface area contributed by atoms with E-state index in [-0.39, 0.29) is 11.7 Å². The maximum atomic E-state index is 12.7. The molecule has 2 rings (SSSR count). The molecule has 0 radical (unpaired) electrons. The van der Waals surface area contributed by atoms with Crippen LogP contribution in [0.4, 0.5) is 4.39 Å². The van der Waals surface area contributed by atoms with E-state index in [1.165, 1.54) is 23.1 Å². The van der Waals surface area contributed by atoms with Gasteiger partial charge in [-0.05, 0) is 47.7 Å². The Balaban J connectivity index is 1.85. The first-order chi connectivity index (χ1) is 10.2. The lowest BCUT2D eigenvalue weighted by atomic mass is 10.2. The number of thioether (sulfide) groups is 1. The van der Waals surface area contributed by atoms with Crippen LogP contribution in [0.3, 0.4) is 0 Å². The molecule has 1 N–H and O–H groups in total. The summed E-state index contributed by atoms with van der Waals surface area (Å²) >= 11 is 1.68. The predicted octanol–water partition coefficient (Wildman–Crippen LogP) is 3.88. The van der Waals surface area contributed by atoms with Crippen molar-refractivity contribution in [2.45, 2.75) is 11.4 Å². The predicted molar refractivity (Wildman–Crippen MR) is 85.5 cm³/mol. The van der Waals surface area contributed by atoms with Crippen LogP contribution in [0.2, 0.25) is 0 Å². The van der Waals surface area contributed by atoms with E-state index in [1.54, 1.807) is 30.0 Å². The molecule has 0 spiro atoms. The molecule has 0 unspecified atom stereocenters. The van der Waals surface area contributed by atoms with E-state index in [4.69, 9.17) is 0 Å². The Morgan fingerprint density at radius 3 is 2.43 bits per heavy atom. The van der Waals surface area contributed by atoms with Crippen molar-refractivity contribution >= 4 is 23.7 Å². The molecule has 2 aromatic rings. The van der Waals surface area contributed by atoms with E-state index < -0.39 is 0 Å². The highest BCUT2D eigenvalue weighted by atomic mass is 32.2. The molecule has 0 aliphatic carbocycles. The molecule has 0 aliphatic rings. The lowest BCUT2D eigenvalue weighted by Crippen LogP contribution is -2.20. The number of amides is 1. The second-order valence-corrected chi connectivity index (χ2v) is 5.33. The fourth-order valence-electron chi connectivity index (χ4n) is 1.74. The van der Waals surface area contributed by atoms with Gasteiger partial charge in [0.2, 0.25) is 5.91 Å². The number of carbonyl (C=O) groups excluding carboxylic acids is 1. The summed E-state index contributed by atoms with van der Waals surface area (Å²) in [5.74, 6) is -0.452. The van der Waals surface area contributed by atoms with E-state index >= 15 is 0 Å². The summed E-state index contributed by atoms with van der Waals surface area (Å²) in [6.07, 6.45) is 5.29. The van der Waals surface area contributed by atoms with Crippen molar-refractivity contribution in [3.63, 3.8) is 0 Å². The molecular formula is C17H16FNOS. The van der Waals surface area contributed by atoms with E-state index in [0.717, 1.165) is 11.1 Å². The topological polar surface area (TPSA) is 29.1 Å². The Bertz CT molecular complexity index is 620. The summed E-state index contributed by atoms with van der Waals surface area (Å²) in [7, 11) is 0. The van der Waals surface area contributed by atoms with Crippen molar-refractivity contribution in [3.05, 3.63) is 71.6 Å². The van der Waals surface area contributed by atoms with Gasteiger partial charge in [-0.2, -0.15) is 0 Å². The fraction of sp³-hybridized carbons (Fsp3) is 0.118. The van der Waals surface area contributed by atoms with E-state index in [2.05, 4.69) is 5.32 Å². The van der Waals surface area contributed by atoms with Crippen LogP contribution < -0.4 is 5.32 Å². The van der Waals surface area contributed by atoms with Gasteiger partial charge in [0, 0.05) is 17.5 Å². The summed E-state index contributed by atoms with van der Waals surface area (Å²) in [5.41, 5.74) is 1.84. The highest BCUT2D eigenvalue weighted by molar-refractivity contribution is 7.98. The smallest absolute Gasteiger partial charge is 0.244 e. The quantitative estimate of drug-likeness (QED) is 0.671. The summed E-state index contributed by atoms with van der Waals surface area (Å²) < 4.78 is 12.7. The second-order valence-electron chi connectivity index (χ2n) is 4.45. The Morgan fingerprint density at radius 1 is 1.14 bits per heavy atom. The molecule has 0 saturated heterocycles. The molecule has 0 atom stereocenters. The first kappa shape index (κ1) is 15.3. The number of nitrogens with one attached hydrogen (secondary N) is 1. The normalized spacial score (nSPS) is 10.8. The maximum absolute atomic E-state index is 12.7. The third-order valence-electron chi connectivity index (χ3n) is 2.92. The first-order valence-electron chi connectivity index (χ1n) is 6.52. The zero-order valence-corrected chi connectivity index (χ0v) is 12.5. The highest BCUT2D eigenvalue weighted by Gasteiger charge is 1.98. The Morgan fingerprint density at radius 2 is 1.81 bits per heavy atom. The average Bonchev–Trinajstić information content (AvgIpc) is 2.53. The van der Waals surface area contributed by atoms with Crippen LogP contribution in [-0.2, 0) is 11.3 Å². The molecule has 0 heterocycles. The van der Waals surface area contributed by atoms with Gasteiger partial charge < -0.3 is 5.32 Å². The first-order valence-corrected chi connectivity index (χ1v) is 7.74. The molecular weight excluding hydrogens is 285 g/mol. The number of hydrogen-bond donors (Lipinski definition) is 1. The molecule has 0 fully saturated rings. The minimum absolute atomic E-state index is 0.173. The second kappa shape index (κ2) is 7.64. The van der Waals surface area contributed by atoms with Crippen molar-refractivity contribution in [2.24, 2.45) is 0 Å². The SMILES string of the molecule is CSc1ccc(/C=C/C(=O)NCc2ccc(F)cc2)cc1. The van der Waals surface area contributed by atoms with Gasteiger partial charge in [-0.1, -0.05) is 24.3 Å². The molecule has 108 valence electrons. The zero-order valence-electron chi connectivity index (χ0n) is 11.7. The van der Waals surface area contributed by atoms with E-state index in [9.17, 15) is 9.18 Å². The lowest BCUT2D eigenvalue weighted by Gasteiger charge is -2.02. The van der Waals surface area contributed by atoms with Crippen molar-refractivity contribution < 1.29 is 9.18 Å². The molecule has 0 bridgehead atoms. The van der Waals surface area contributed by atoms with Gasteiger partial charge in [0.15, 0.2) is 0 Å². The largest absolute Gasteiger partial charge is 0.348 e. The monoisotopic (exact) mass is 301 g/mol. The zero-order chi connectivity index (χ0) is 15.1. The van der Waals surface area contributed by atoms with Crippen LogP contribution in [0.1, 0.15) is 11.1 Å². The molecule has 4 heteroatoms. The molecule has 1 amide bonds. The van der Waals surface area contributed by atoms with Gasteiger partial charge in [-0.15, -0.1) is 11.8 Å². The van der Waals surface area contributed by atoms with Crippen LogP contribution in [0.25, 0.3) is 6.08 Å².